The van der Waals surface area contributed by atoms with Gasteiger partial charge in [0.2, 0.25) is 0 Å². The van der Waals surface area contributed by atoms with Crippen LogP contribution in [-0.2, 0) is 11.2 Å². The van der Waals surface area contributed by atoms with E-state index >= 15 is 0 Å². The van der Waals surface area contributed by atoms with Crippen LogP contribution in [0.2, 0.25) is 0 Å². The standard InChI is InChI=1S/C19H31N3O2/c1-20-19(21-13-5-15-24-18-6-3-4-7-18)22-14-12-16-8-10-17(23-2)11-9-16/h8-11,18H,3-7,12-15H2,1-2H3,(H2,20,21,22). The van der Waals surface area contributed by atoms with Crippen LogP contribution < -0.4 is 15.4 Å². The summed E-state index contributed by atoms with van der Waals surface area (Å²) in [6, 6.07) is 8.17. The fourth-order valence-electron chi connectivity index (χ4n) is 2.92. The summed E-state index contributed by atoms with van der Waals surface area (Å²) in [4.78, 5) is 4.26. The molecule has 134 valence electrons. The van der Waals surface area contributed by atoms with Crippen molar-refractivity contribution in [1.82, 2.24) is 10.6 Å². The van der Waals surface area contributed by atoms with Crippen LogP contribution in [0.15, 0.2) is 29.3 Å². The SMILES string of the molecule is CN=C(NCCCOC1CCCC1)NCCc1ccc(OC)cc1. The Labute approximate surface area is 145 Å². The zero-order valence-electron chi connectivity index (χ0n) is 15.0. The Bertz CT molecular complexity index is 482. The van der Waals surface area contributed by atoms with Gasteiger partial charge in [0.1, 0.15) is 5.75 Å². The second-order valence-corrected chi connectivity index (χ2v) is 6.15. The van der Waals surface area contributed by atoms with Gasteiger partial charge in [0.15, 0.2) is 5.96 Å². The lowest BCUT2D eigenvalue weighted by atomic mass is 10.1. The lowest BCUT2D eigenvalue weighted by Crippen LogP contribution is -2.39. The molecular formula is C19H31N3O2. The zero-order valence-corrected chi connectivity index (χ0v) is 15.0. The van der Waals surface area contributed by atoms with Gasteiger partial charge in [-0.25, -0.2) is 0 Å². The van der Waals surface area contributed by atoms with Crippen molar-refractivity contribution in [1.29, 1.82) is 0 Å². The van der Waals surface area contributed by atoms with Crippen molar-refractivity contribution in [3.8, 4) is 5.75 Å². The third-order valence-electron chi connectivity index (χ3n) is 4.36. The van der Waals surface area contributed by atoms with Crippen LogP contribution >= 0.6 is 0 Å². The number of hydrogen-bond donors (Lipinski definition) is 2. The molecular weight excluding hydrogens is 302 g/mol. The number of guanidine groups is 1. The number of methoxy groups -OCH3 is 1. The first-order valence-electron chi connectivity index (χ1n) is 9.01. The average molecular weight is 333 g/mol. The Kier molecular flexibility index (Phi) is 8.46. The van der Waals surface area contributed by atoms with E-state index in [1.807, 2.05) is 12.1 Å². The summed E-state index contributed by atoms with van der Waals surface area (Å²) in [5.41, 5.74) is 1.28. The van der Waals surface area contributed by atoms with Gasteiger partial charge in [0.25, 0.3) is 0 Å². The molecule has 0 saturated heterocycles. The third-order valence-corrected chi connectivity index (χ3v) is 4.36. The van der Waals surface area contributed by atoms with Crippen LogP contribution in [0, 0.1) is 0 Å². The van der Waals surface area contributed by atoms with Crippen LogP contribution in [0.5, 0.6) is 5.75 Å². The molecule has 0 aliphatic heterocycles. The minimum absolute atomic E-state index is 0.506. The summed E-state index contributed by atoms with van der Waals surface area (Å²) >= 11 is 0. The molecule has 2 rings (SSSR count). The van der Waals surface area contributed by atoms with Crippen molar-refractivity contribution in [3.63, 3.8) is 0 Å². The molecule has 0 spiro atoms. The van der Waals surface area contributed by atoms with Gasteiger partial charge >= 0.3 is 0 Å². The molecule has 0 amide bonds. The van der Waals surface area contributed by atoms with Gasteiger partial charge in [-0.1, -0.05) is 25.0 Å². The maximum absolute atomic E-state index is 5.87. The molecule has 0 unspecified atom stereocenters. The Morgan fingerprint density at radius 3 is 2.50 bits per heavy atom. The van der Waals surface area contributed by atoms with Crippen molar-refractivity contribution < 1.29 is 9.47 Å². The normalized spacial score (nSPS) is 15.5. The molecule has 0 atom stereocenters. The quantitative estimate of drug-likeness (QED) is 0.414. The zero-order chi connectivity index (χ0) is 17.0. The summed E-state index contributed by atoms with van der Waals surface area (Å²) in [5, 5.41) is 6.68. The number of rotatable bonds is 9. The lowest BCUT2D eigenvalue weighted by molar-refractivity contribution is 0.0574. The smallest absolute Gasteiger partial charge is 0.190 e. The van der Waals surface area contributed by atoms with Gasteiger partial charge in [-0.05, 0) is 43.4 Å². The van der Waals surface area contributed by atoms with Crippen molar-refractivity contribution in [2.75, 3.05) is 33.9 Å². The van der Waals surface area contributed by atoms with Gasteiger partial charge in [-0.2, -0.15) is 0 Å². The van der Waals surface area contributed by atoms with Gasteiger partial charge in [0.05, 0.1) is 13.2 Å². The van der Waals surface area contributed by atoms with E-state index in [0.29, 0.717) is 6.10 Å². The molecule has 1 aromatic rings. The Balaban J connectivity index is 1.54. The molecule has 2 N–H and O–H groups in total. The van der Waals surface area contributed by atoms with Gasteiger partial charge < -0.3 is 20.1 Å². The fraction of sp³-hybridized carbons (Fsp3) is 0.632. The third kappa shape index (κ3) is 6.79. The molecule has 0 radical (unpaired) electrons. The van der Waals surface area contributed by atoms with Gasteiger partial charge in [-0.3, -0.25) is 4.99 Å². The number of nitrogens with one attached hydrogen (secondary N) is 2. The number of hydrogen-bond acceptors (Lipinski definition) is 3. The van der Waals surface area contributed by atoms with Crippen LogP contribution in [0.4, 0.5) is 0 Å². The molecule has 1 saturated carbocycles. The van der Waals surface area contributed by atoms with Gasteiger partial charge in [0, 0.05) is 26.7 Å². The first-order chi connectivity index (χ1) is 11.8. The maximum Gasteiger partial charge on any atom is 0.190 e. The topological polar surface area (TPSA) is 54.9 Å². The van der Waals surface area contributed by atoms with E-state index in [4.69, 9.17) is 9.47 Å². The highest BCUT2D eigenvalue weighted by molar-refractivity contribution is 5.79. The summed E-state index contributed by atoms with van der Waals surface area (Å²) in [7, 11) is 3.49. The Morgan fingerprint density at radius 1 is 1.12 bits per heavy atom. The second-order valence-electron chi connectivity index (χ2n) is 6.15. The summed E-state index contributed by atoms with van der Waals surface area (Å²) < 4.78 is 11.0. The summed E-state index contributed by atoms with van der Waals surface area (Å²) in [5.74, 6) is 1.74. The predicted molar refractivity (Wildman–Crippen MR) is 98.9 cm³/mol. The fourth-order valence-corrected chi connectivity index (χ4v) is 2.92. The van der Waals surface area contributed by atoms with Crippen molar-refractivity contribution in [2.24, 2.45) is 4.99 Å². The highest BCUT2D eigenvalue weighted by atomic mass is 16.5. The van der Waals surface area contributed by atoms with Crippen LogP contribution in [0.3, 0.4) is 0 Å². The van der Waals surface area contributed by atoms with E-state index in [2.05, 4.69) is 27.8 Å². The van der Waals surface area contributed by atoms with E-state index in [0.717, 1.165) is 44.2 Å². The first kappa shape index (κ1) is 18.6. The predicted octanol–water partition coefficient (Wildman–Crippen LogP) is 2.75. The highest BCUT2D eigenvalue weighted by Gasteiger charge is 2.14. The van der Waals surface area contributed by atoms with Crippen LogP contribution in [-0.4, -0.2) is 45.9 Å². The Morgan fingerprint density at radius 2 is 1.83 bits per heavy atom. The second kappa shape index (κ2) is 10.9. The molecule has 1 aromatic carbocycles. The monoisotopic (exact) mass is 333 g/mol. The summed E-state index contributed by atoms with van der Waals surface area (Å²) in [6.45, 7) is 2.57. The Hall–Kier alpha value is -1.75. The van der Waals surface area contributed by atoms with Gasteiger partial charge in [-0.15, -0.1) is 0 Å². The molecule has 1 aliphatic carbocycles. The van der Waals surface area contributed by atoms with Crippen LogP contribution in [0.25, 0.3) is 0 Å². The van der Waals surface area contributed by atoms with Crippen molar-refractivity contribution in [2.45, 2.75) is 44.6 Å². The largest absolute Gasteiger partial charge is 0.497 e. The lowest BCUT2D eigenvalue weighted by Gasteiger charge is -2.13. The molecule has 24 heavy (non-hydrogen) atoms. The summed E-state index contributed by atoms with van der Waals surface area (Å²) in [6.07, 6.45) is 7.60. The highest BCUT2D eigenvalue weighted by Crippen LogP contribution is 2.20. The molecule has 5 heteroatoms. The number of benzene rings is 1. The van der Waals surface area contributed by atoms with Crippen molar-refractivity contribution in [3.05, 3.63) is 29.8 Å². The number of aliphatic imine (C=N–C) groups is 1. The van der Waals surface area contributed by atoms with E-state index in [-0.39, 0.29) is 0 Å². The first-order valence-corrected chi connectivity index (χ1v) is 9.01. The molecule has 1 aliphatic rings. The molecule has 0 aromatic heterocycles. The minimum atomic E-state index is 0.506. The van der Waals surface area contributed by atoms with Crippen molar-refractivity contribution >= 4 is 5.96 Å². The molecule has 1 fully saturated rings. The maximum atomic E-state index is 5.87. The molecule has 0 bridgehead atoms. The average Bonchev–Trinajstić information content (AvgIpc) is 3.14. The number of ether oxygens (including phenoxy) is 2. The van der Waals surface area contributed by atoms with E-state index in [9.17, 15) is 0 Å². The number of nitrogens with zero attached hydrogens (tertiary/aromatic N) is 1. The molecule has 0 heterocycles. The molecule has 5 nitrogen and oxygen atoms in total. The van der Waals surface area contributed by atoms with Crippen LogP contribution in [0.1, 0.15) is 37.7 Å². The van der Waals surface area contributed by atoms with E-state index < -0.39 is 0 Å². The minimum Gasteiger partial charge on any atom is -0.497 e. The van der Waals surface area contributed by atoms with E-state index in [1.54, 1.807) is 14.2 Å². The van der Waals surface area contributed by atoms with E-state index in [1.165, 1.54) is 31.2 Å².